The Hall–Kier alpha value is -3.68. The van der Waals surface area contributed by atoms with Crippen LogP contribution in [0.4, 0.5) is 5.69 Å². The number of ether oxygens (including phenoxy) is 3. The van der Waals surface area contributed by atoms with Gasteiger partial charge in [0.25, 0.3) is 5.69 Å². The molecule has 0 spiro atoms. The number of non-ortho nitro benzene ring substituents is 1. The first-order valence-electron chi connectivity index (χ1n) is 7.35. The predicted octanol–water partition coefficient (Wildman–Crippen LogP) is 3.01. The first-order valence-corrected chi connectivity index (χ1v) is 7.35. The molecule has 0 bridgehead atoms. The monoisotopic (exact) mass is 357 g/mol. The molecule has 134 valence electrons. The van der Waals surface area contributed by atoms with Crippen molar-refractivity contribution in [3.63, 3.8) is 0 Å². The molecule has 0 radical (unpaired) electrons. The molecule has 2 aromatic rings. The second-order valence-electron chi connectivity index (χ2n) is 4.96. The highest BCUT2D eigenvalue weighted by atomic mass is 16.6. The second kappa shape index (κ2) is 8.43. The van der Waals surface area contributed by atoms with Gasteiger partial charge in [0.05, 0.1) is 24.7 Å². The number of carbonyl (C=O) groups excluding carboxylic acids is 2. The number of esters is 2. The van der Waals surface area contributed by atoms with Gasteiger partial charge >= 0.3 is 11.9 Å². The van der Waals surface area contributed by atoms with Crippen molar-refractivity contribution in [2.75, 3.05) is 14.2 Å². The Balaban J connectivity index is 2.22. The van der Waals surface area contributed by atoms with Crippen molar-refractivity contribution < 1.29 is 28.7 Å². The number of carbonyl (C=O) groups is 2. The lowest BCUT2D eigenvalue weighted by Crippen LogP contribution is -2.09. The molecule has 0 amide bonds. The standard InChI is InChI=1S/C18H15NO7/c1-24-16-10-12(7-9-17(20)25-2)6-8-15(16)26-18(21)13-4-3-5-14(11-13)19(22)23/h3-11H,1-2H3/b9-7+. The van der Waals surface area contributed by atoms with Crippen LogP contribution >= 0.6 is 0 Å². The maximum Gasteiger partial charge on any atom is 0.343 e. The number of nitro benzene ring substituents is 1. The minimum absolute atomic E-state index is 0.0379. The highest BCUT2D eigenvalue weighted by Gasteiger charge is 2.15. The maximum atomic E-state index is 12.2. The summed E-state index contributed by atoms with van der Waals surface area (Å²) in [7, 11) is 2.66. The smallest absolute Gasteiger partial charge is 0.343 e. The van der Waals surface area contributed by atoms with E-state index in [4.69, 9.17) is 9.47 Å². The summed E-state index contributed by atoms with van der Waals surface area (Å²) in [6, 6.07) is 9.88. The number of rotatable bonds is 6. The molecule has 0 saturated heterocycles. The van der Waals surface area contributed by atoms with E-state index in [0.717, 1.165) is 6.07 Å². The van der Waals surface area contributed by atoms with E-state index in [0.29, 0.717) is 5.56 Å². The average Bonchev–Trinajstić information content (AvgIpc) is 2.66. The van der Waals surface area contributed by atoms with Gasteiger partial charge in [-0.15, -0.1) is 0 Å². The van der Waals surface area contributed by atoms with E-state index in [-0.39, 0.29) is 22.7 Å². The van der Waals surface area contributed by atoms with Crippen LogP contribution in [0.25, 0.3) is 6.08 Å². The summed E-state index contributed by atoms with van der Waals surface area (Å²) in [5, 5.41) is 10.8. The Labute approximate surface area is 148 Å². The first kappa shape index (κ1) is 18.7. The largest absolute Gasteiger partial charge is 0.493 e. The Bertz CT molecular complexity index is 874. The first-order chi connectivity index (χ1) is 12.4. The summed E-state index contributed by atoms with van der Waals surface area (Å²) in [6.07, 6.45) is 2.75. The van der Waals surface area contributed by atoms with Crippen LogP contribution in [0.3, 0.4) is 0 Å². The number of hydrogen-bond donors (Lipinski definition) is 0. The lowest BCUT2D eigenvalue weighted by Gasteiger charge is -2.10. The minimum atomic E-state index is -0.759. The molecule has 0 unspecified atom stereocenters. The van der Waals surface area contributed by atoms with Crippen molar-refractivity contribution in [3.05, 3.63) is 69.8 Å². The van der Waals surface area contributed by atoms with Crippen LogP contribution in [0.2, 0.25) is 0 Å². The normalized spacial score (nSPS) is 10.4. The van der Waals surface area contributed by atoms with Crippen LogP contribution in [0.5, 0.6) is 11.5 Å². The molecule has 0 fully saturated rings. The van der Waals surface area contributed by atoms with Crippen molar-refractivity contribution in [1.29, 1.82) is 0 Å². The quantitative estimate of drug-likeness (QED) is 0.257. The fourth-order valence-electron chi connectivity index (χ4n) is 2.01. The molecule has 2 rings (SSSR count). The van der Waals surface area contributed by atoms with E-state index < -0.39 is 16.9 Å². The Morgan fingerprint density at radius 1 is 1.08 bits per heavy atom. The predicted molar refractivity (Wildman–Crippen MR) is 92.1 cm³/mol. The van der Waals surface area contributed by atoms with Gasteiger partial charge in [-0.1, -0.05) is 12.1 Å². The molecule has 8 heteroatoms. The second-order valence-corrected chi connectivity index (χ2v) is 4.96. The van der Waals surface area contributed by atoms with Gasteiger partial charge in [-0.3, -0.25) is 10.1 Å². The summed E-state index contributed by atoms with van der Waals surface area (Å²) in [5.41, 5.74) is 0.452. The Morgan fingerprint density at radius 3 is 2.50 bits per heavy atom. The third-order valence-corrected chi connectivity index (χ3v) is 3.30. The van der Waals surface area contributed by atoms with Crippen LogP contribution < -0.4 is 9.47 Å². The van der Waals surface area contributed by atoms with E-state index in [1.807, 2.05) is 0 Å². The molecule has 2 aromatic carbocycles. The summed E-state index contributed by atoms with van der Waals surface area (Å²) < 4.78 is 14.9. The van der Waals surface area contributed by atoms with E-state index >= 15 is 0 Å². The van der Waals surface area contributed by atoms with Crippen molar-refractivity contribution >= 4 is 23.7 Å². The molecule has 0 aromatic heterocycles. The van der Waals surface area contributed by atoms with Gasteiger partial charge in [-0.25, -0.2) is 9.59 Å². The molecule has 0 saturated carbocycles. The summed E-state index contributed by atoms with van der Waals surface area (Å²) in [5.74, 6) is -0.870. The molecule has 8 nitrogen and oxygen atoms in total. The fourth-order valence-corrected chi connectivity index (χ4v) is 2.01. The van der Waals surface area contributed by atoms with E-state index in [2.05, 4.69) is 4.74 Å². The van der Waals surface area contributed by atoms with E-state index in [1.165, 1.54) is 50.6 Å². The van der Waals surface area contributed by atoms with Crippen molar-refractivity contribution in [3.8, 4) is 11.5 Å². The van der Waals surface area contributed by atoms with Gasteiger partial charge in [0, 0.05) is 18.2 Å². The molecule has 0 heterocycles. The molecule has 0 aliphatic carbocycles. The number of hydrogen-bond acceptors (Lipinski definition) is 7. The van der Waals surface area contributed by atoms with Crippen molar-refractivity contribution in [1.82, 2.24) is 0 Å². The van der Waals surface area contributed by atoms with E-state index in [9.17, 15) is 19.7 Å². The van der Waals surface area contributed by atoms with Gasteiger partial charge in [0.15, 0.2) is 11.5 Å². The molecule has 26 heavy (non-hydrogen) atoms. The van der Waals surface area contributed by atoms with Crippen molar-refractivity contribution in [2.24, 2.45) is 0 Å². The van der Waals surface area contributed by atoms with Crippen molar-refractivity contribution in [2.45, 2.75) is 0 Å². The lowest BCUT2D eigenvalue weighted by molar-refractivity contribution is -0.384. The SMILES string of the molecule is COC(=O)/C=C/c1ccc(OC(=O)c2cccc([N+](=O)[O-])c2)c(OC)c1. The zero-order valence-corrected chi connectivity index (χ0v) is 14.0. The lowest BCUT2D eigenvalue weighted by atomic mass is 10.2. The minimum Gasteiger partial charge on any atom is -0.493 e. The fraction of sp³-hybridized carbons (Fsp3) is 0.111. The molecular weight excluding hydrogens is 342 g/mol. The molecule has 0 aliphatic heterocycles. The van der Waals surface area contributed by atoms with E-state index in [1.54, 1.807) is 12.1 Å². The summed E-state index contributed by atoms with van der Waals surface area (Å²) in [6.45, 7) is 0. The third-order valence-electron chi connectivity index (χ3n) is 3.30. The van der Waals surface area contributed by atoms with Gasteiger partial charge in [0.1, 0.15) is 0 Å². The number of nitro groups is 1. The Morgan fingerprint density at radius 2 is 1.85 bits per heavy atom. The molecule has 0 atom stereocenters. The maximum absolute atomic E-state index is 12.2. The molecule has 0 aliphatic rings. The average molecular weight is 357 g/mol. The topological polar surface area (TPSA) is 105 Å². The van der Waals surface area contributed by atoms with Gasteiger partial charge in [0.2, 0.25) is 0 Å². The zero-order chi connectivity index (χ0) is 19.1. The van der Waals surface area contributed by atoms with Crippen LogP contribution in [0.15, 0.2) is 48.5 Å². The number of benzene rings is 2. The number of methoxy groups -OCH3 is 2. The van der Waals surface area contributed by atoms with Crippen LogP contribution in [-0.2, 0) is 9.53 Å². The molecular formula is C18H15NO7. The zero-order valence-electron chi connectivity index (χ0n) is 14.0. The summed E-state index contributed by atoms with van der Waals surface area (Å²) in [4.78, 5) is 33.5. The van der Waals surface area contributed by atoms with Gasteiger partial charge in [-0.05, 0) is 29.8 Å². The highest BCUT2D eigenvalue weighted by Crippen LogP contribution is 2.29. The van der Waals surface area contributed by atoms with Crippen LogP contribution in [-0.4, -0.2) is 31.1 Å². The van der Waals surface area contributed by atoms with Gasteiger partial charge < -0.3 is 14.2 Å². The third kappa shape index (κ3) is 4.67. The summed E-state index contributed by atoms with van der Waals surface area (Å²) >= 11 is 0. The Kier molecular flexibility index (Phi) is 6.05. The number of nitrogens with zero attached hydrogens (tertiary/aromatic N) is 1. The molecule has 0 N–H and O–H groups in total. The van der Waals surface area contributed by atoms with Gasteiger partial charge in [-0.2, -0.15) is 0 Å². The van der Waals surface area contributed by atoms with Crippen LogP contribution in [0.1, 0.15) is 15.9 Å². The highest BCUT2D eigenvalue weighted by molar-refractivity contribution is 5.92. The van der Waals surface area contributed by atoms with Crippen LogP contribution in [0, 0.1) is 10.1 Å².